The Morgan fingerprint density at radius 3 is 2.44 bits per heavy atom. The van der Waals surface area contributed by atoms with E-state index in [4.69, 9.17) is 0 Å². The van der Waals surface area contributed by atoms with Gasteiger partial charge in [-0.1, -0.05) is 24.3 Å². The Kier molecular flexibility index (Phi) is 3.82. The van der Waals surface area contributed by atoms with Crippen molar-refractivity contribution in [2.24, 2.45) is 0 Å². The van der Waals surface area contributed by atoms with Crippen LogP contribution in [0.3, 0.4) is 0 Å². The summed E-state index contributed by atoms with van der Waals surface area (Å²) in [4.78, 5) is 0. The lowest BCUT2D eigenvalue weighted by Gasteiger charge is -2.15. The molecule has 2 aromatic carbocycles. The summed E-state index contributed by atoms with van der Waals surface area (Å²) in [6.07, 6.45) is 0.772. The van der Waals surface area contributed by atoms with Crippen molar-refractivity contribution in [2.45, 2.75) is 19.4 Å². The quantitative estimate of drug-likeness (QED) is 0.863. The van der Waals surface area contributed by atoms with Crippen molar-refractivity contribution in [1.82, 2.24) is 0 Å². The average Bonchev–Trinajstić information content (AvgIpc) is 2.35. The summed E-state index contributed by atoms with van der Waals surface area (Å²) in [5.74, 6) is 0.0172. The highest BCUT2D eigenvalue weighted by atomic mass is 19.1. The maximum Gasteiger partial charge on any atom is 0.146 e. The molecule has 94 valence electrons. The molecule has 2 rings (SSSR count). The number of nitrogens with one attached hydrogen (secondary N) is 1. The van der Waals surface area contributed by atoms with Crippen LogP contribution in [0.15, 0.2) is 48.5 Å². The Labute approximate surface area is 106 Å². The second kappa shape index (κ2) is 5.54. The molecule has 0 aliphatic heterocycles. The van der Waals surface area contributed by atoms with E-state index in [1.54, 1.807) is 30.3 Å². The lowest BCUT2D eigenvalue weighted by Crippen LogP contribution is -2.18. The van der Waals surface area contributed by atoms with Gasteiger partial charge in [0.1, 0.15) is 11.6 Å². The Morgan fingerprint density at radius 1 is 1.11 bits per heavy atom. The molecule has 0 spiro atoms. The number of para-hydroxylation sites is 1. The smallest absolute Gasteiger partial charge is 0.146 e. The summed E-state index contributed by atoms with van der Waals surface area (Å²) >= 11 is 0. The molecule has 2 N–H and O–H groups in total. The van der Waals surface area contributed by atoms with Crippen molar-refractivity contribution in [1.29, 1.82) is 0 Å². The number of rotatable bonds is 4. The van der Waals surface area contributed by atoms with Crippen molar-refractivity contribution in [2.75, 3.05) is 5.32 Å². The van der Waals surface area contributed by atoms with Gasteiger partial charge in [-0.05, 0) is 43.2 Å². The molecule has 0 aliphatic rings. The molecule has 0 aliphatic carbocycles. The third-order valence-corrected chi connectivity index (χ3v) is 2.75. The van der Waals surface area contributed by atoms with Crippen molar-refractivity contribution in [3.8, 4) is 5.75 Å². The Hall–Kier alpha value is -2.03. The molecule has 0 heterocycles. The molecule has 1 atom stereocenters. The molecular formula is C15H16FNO. The topological polar surface area (TPSA) is 32.3 Å². The molecular weight excluding hydrogens is 229 g/mol. The first-order valence-corrected chi connectivity index (χ1v) is 5.94. The molecule has 18 heavy (non-hydrogen) atoms. The van der Waals surface area contributed by atoms with E-state index in [1.165, 1.54) is 6.07 Å². The number of hydrogen-bond acceptors (Lipinski definition) is 2. The van der Waals surface area contributed by atoms with Gasteiger partial charge in [0.2, 0.25) is 0 Å². The van der Waals surface area contributed by atoms with Gasteiger partial charge in [0, 0.05) is 6.04 Å². The van der Waals surface area contributed by atoms with Crippen LogP contribution in [0.4, 0.5) is 10.1 Å². The number of hydrogen-bond donors (Lipinski definition) is 2. The number of phenolic OH excluding ortho intramolecular Hbond substituents is 1. The first-order chi connectivity index (χ1) is 8.65. The van der Waals surface area contributed by atoms with Crippen LogP contribution >= 0.6 is 0 Å². The van der Waals surface area contributed by atoms with E-state index in [2.05, 4.69) is 5.32 Å². The molecule has 2 nitrogen and oxygen atoms in total. The first-order valence-electron chi connectivity index (χ1n) is 5.94. The highest BCUT2D eigenvalue weighted by molar-refractivity contribution is 5.45. The molecule has 0 bridgehead atoms. The molecule has 0 saturated carbocycles. The van der Waals surface area contributed by atoms with Crippen LogP contribution in [0.5, 0.6) is 5.75 Å². The highest BCUT2D eigenvalue weighted by Crippen LogP contribution is 2.16. The van der Waals surface area contributed by atoms with Crippen LogP contribution in [-0.2, 0) is 6.42 Å². The number of phenols is 1. The molecule has 1 unspecified atom stereocenters. The lowest BCUT2D eigenvalue weighted by atomic mass is 10.1. The highest BCUT2D eigenvalue weighted by Gasteiger charge is 2.06. The zero-order valence-electron chi connectivity index (χ0n) is 10.2. The summed E-state index contributed by atoms with van der Waals surface area (Å²) in [6, 6.07) is 13.8. The van der Waals surface area contributed by atoms with Crippen molar-refractivity contribution in [3.63, 3.8) is 0 Å². The van der Waals surface area contributed by atoms with Crippen LogP contribution in [0.25, 0.3) is 0 Å². The summed E-state index contributed by atoms with van der Waals surface area (Å²) in [7, 11) is 0. The minimum atomic E-state index is -0.241. The van der Waals surface area contributed by atoms with E-state index >= 15 is 0 Å². The third-order valence-electron chi connectivity index (χ3n) is 2.75. The number of anilines is 1. The summed E-state index contributed by atoms with van der Waals surface area (Å²) < 4.78 is 13.4. The van der Waals surface area contributed by atoms with Gasteiger partial charge in [-0.15, -0.1) is 0 Å². The maximum absolute atomic E-state index is 13.4. The summed E-state index contributed by atoms with van der Waals surface area (Å²) in [6.45, 7) is 2.00. The zero-order chi connectivity index (χ0) is 13.0. The number of aromatic hydroxyl groups is 1. The maximum atomic E-state index is 13.4. The molecule has 2 aromatic rings. The second-order valence-electron chi connectivity index (χ2n) is 4.40. The van der Waals surface area contributed by atoms with E-state index < -0.39 is 0 Å². The second-order valence-corrected chi connectivity index (χ2v) is 4.40. The third kappa shape index (κ3) is 3.23. The molecule has 0 fully saturated rings. The van der Waals surface area contributed by atoms with Crippen LogP contribution in [-0.4, -0.2) is 11.1 Å². The Morgan fingerprint density at radius 2 is 1.78 bits per heavy atom. The zero-order valence-corrected chi connectivity index (χ0v) is 10.2. The fourth-order valence-corrected chi connectivity index (χ4v) is 1.88. The monoisotopic (exact) mass is 245 g/mol. The van der Waals surface area contributed by atoms with Gasteiger partial charge in [-0.25, -0.2) is 4.39 Å². The van der Waals surface area contributed by atoms with Crippen LogP contribution in [0.2, 0.25) is 0 Å². The summed E-state index contributed by atoms with van der Waals surface area (Å²) in [5.41, 5.74) is 1.62. The average molecular weight is 245 g/mol. The molecule has 0 radical (unpaired) electrons. The van der Waals surface area contributed by atoms with Crippen molar-refractivity contribution in [3.05, 3.63) is 59.9 Å². The van der Waals surface area contributed by atoms with Crippen molar-refractivity contribution >= 4 is 5.69 Å². The largest absolute Gasteiger partial charge is 0.508 e. The van der Waals surface area contributed by atoms with Crippen molar-refractivity contribution < 1.29 is 9.50 Å². The van der Waals surface area contributed by atoms with Gasteiger partial charge < -0.3 is 10.4 Å². The molecule has 0 saturated heterocycles. The lowest BCUT2D eigenvalue weighted by molar-refractivity contribution is 0.475. The van der Waals surface area contributed by atoms with Gasteiger partial charge >= 0.3 is 0 Å². The molecule has 0 aromatic heterocycles. The summed E-state index contributed by atoms with van der Waals surface area (Å²) in [5, 5.41) is 12.3. The van der Waals surface area contributed by atoms with E-state index in [-0.39, 0.29) is 17.6 Å². The van der Waals surface area contributed by atoms with Gasteiger partial charge in [-0.3, -0.25) is 0 Å². The Bertz CT molecular complexity index is 510. The first kappa shape index (κ1) is 12.4. The van der Waals surface area contributed by atoms with E-state index in [1.807, 2.05) is 19.1 Å². The minimum Gasteiger partial charge on any atom is -0.508 e. The van der Waals surface area contributed by atoms with E-state index in [0.717, 1.165) is 12.0 Å². The SMILES string of the molecule is CC(Cc1ccc(O)cc1)Nc1ccccc1F. The predicted octanol–water partition coefficient (Wildman–Crippen LogP) is 3.57. The standard InChI is InChI=1S/C15H16FNO/c1-11(10-12-6-8-13(18)9-7-12)17-15-5-3-2-4-14(15)16/h2-9,11,17-18H,10H2,1H3. The fourth-order valence-electron chi connectivity index (χ4n) is 1.88. The van der Waals surface area contributed by atoms with E-state index in [9.17, 15) is 9.50 Å². The predicted molar refractivity (Wildman–Crippen MR) is 71.3 cm³/mol. The Balaban J connectivity index is 1.99. The van der Waals surface area contributed by atoms with Gasteiger partial charge in [0.15, 0.2) is 0 Å². The van der Waals surface area contributed by atoms with Gasteiger partial charge in [0.25, 0.3) is 0 Å². The van der Waals surface area contributed by atoms with E-state index in [0.29, 0.717) is 5.69 Å². The van der Waals surface area contributed by atoms with Crippen LogP contribution in [0.1, 0.15) is 12.5 Å². The fraction of sp³-hybridized carbons (Fsp3) is 0.200. The molecule has 0 amide bonds. The molecule has 3 heteroatoms. The normalized spacial score (nSPS) is 12.1. The number of benzene rings is 2. The number of halogens is 1. The van der Waals surface area contributed by atoms with Crippen LogP contribution < -0.4 is 5.32 Å². The van der Waals surface area contributed by atoms with Gasteiger partial charge in [-0.2, -0.15) is 0 Å². The van der Waals surface area contributed by atoms with Crippen LogP contribution in [0, 0.1) is 5.82 Å². The van der Waals surface area contributed by atoms with Gasteiger partial charge in [0.05, 0.1) is 5.69 Å². The minimum absolute atomic E-state index is 0.117.